The summed E-state index contributed by atoms with van der Waals surface area (Å²) in [5, 5.41) is 0. The van der Waals surface area contributed by atoms with E-state index in [0.717, 1.165) is 63.3 Å². The number of allylic oxidation sites excluding steroid dienone is 2. The molecule has 1 saturated carbocycles. The zero-order valence-corrected chi connectivity index (χ0v) is 21.2. The van der Waals surface area contributed by atoms with Gasteiger partial charge in [-0.3, -0.25) is 4.79 Å². The van der Waals surface area contributed by atoms with Gasteiger partial charge in [0.05, 0.1) is 21.3 Å². The fourth-order valence-electron chi connectivity index (χ4n) is 4.57. The molecule has 1 atom stereocenters. The van der Waals surface area contributed by atoms with Gasteiger partial charge in [0.2, 0.25) is 0 Å². The summed E-state index contributed by atoms with van der Waals surface area (Å²) in [6, 6.07) is 8.11. The van der Waals surface area contributed by atoms with E-state index >= 15 is 0 Å². The Labute approximate surface area is 198 Å². The van der Waals surface area contributed by atoms with Crippen LogP contribution in [0, 0.1) is 32.6 Å². The molecule has 3 rings (SSSR count). The second-order valence-electron chi connectivity index (χ2n) is 9.32. The van der Waals surface area contributed by atoms with Crippen LogP contribution in [0.2, 0.25) is 0 Å². The van der Waals surface area contributed by atoms with Crippen LogP contribution in [0.15, 0.2) is 35.4 Å². The molecule has 33 heavy (non-hydrogen) atoms. The van der Waals surface area contributed by atoms with Gasteiger partial charge in [-0.2, -0.15) is 0 Å². The monoisotopic (exact) mass is 448 g/mol. The van der Waals surface area contributed by atoms with E-state index in [1.54, 1.807) is 21.3 Å². The Balaban J connectivity index is 2.06. The largest absolute Gasteiger partial charge is 0.496 e. The summed E-state index contributed by atoms with van der Waals surface area (Å²) in [6.45, 7) is 10.6. The highest BCUT2D eigenvalue weighted by atomic mass is 16.5. The Morgan fingerprint density at radius 3 is 1.79 bits per heavy atom. The van der Waals surface area contributed by atoms with Crippen molar-refractivity contribution in [1.82, 2.24) is 0 Å². The molecule has 2 aromatic rings. The minimum atomic E-state index is 0.122. The molecule has 4 heteroatoms. The van der Waals surface area contributed by atoms with Crippen LogP contribution in [0.3, 0.4) is 0 Å². The van der Waals surface area contributed by atoms with E-state index in [2.05, 4.69) is 33.8 Å². The van der Waals surface area contributed by atoms with Crippen molar-refractivity contribution in [1.29, 1.82) is 0 Å². The lowest BCUT2D eigenvalue weighted by Gasteiger charge is -2.28. The number of ether oxygens (including phenoxy) is 3. The molecule has 1 unspecified atom stereocenters. The predicted octanol–water partition coefficient (Wildman–Crippen LogP) is 6.74. The van der Waals surface area contributed by atoms with Crippen LogP contribution in [0.5, 0.6) is 17.2 Å². The highest BCUT2D eigenvalue weighted by Crippen LogP contribution is 2.38. The summed E-state index contributed by atoms with van der Waals surface area (Å²) < 4.78 is 16.5. The Morgan fingerprint density at radius 2 is 1.30 bits per heavy atom. The Morgan fingerprint density at radius 1 is 0.788 bits per heavy atom. The minimum absolute atomic E-state index is 0.122. The zero-order chi connectivity index (χ0) is 24.3. The molecular formula is C29H36O4. The number of benzene rings is 2. The average Bonchev–Trinajstić information content (AvgIpc) is 2.77. The number of hydrogen-bond donors (Lipinski definition) is 0. The average molecular weight is 449 g/mol. The van der Waals surface area contributed by atoms with Crippen LogP contribution in [0.4, 0.5) is 0 Å². The maximum Gasteiger partial charge on any atom is 0.185 e. The summed E-state index contributed by atoms with van der Waals surface area (Å²) in [4.78, 5) is 13.5. The normalized spacial score (nSPS) is 18.8. The zero-order valence-electron chi connectivity index (χ0n) is 21.2. The number of Topliss-reactive ketones (excluding diaryl/α,β-unsaturated/α-hetero) is 1. The van der Waals surface area contributed by atoms with Crippen LogP contribution in [0.25, 0.3) is 12.2 Å². The summed E-state index contributed by atoms with van der Waals surface area (Å²) in [7, 11) is 4.96. The highest BCUT2D eigenvalue weighted by molar-refractivity contribution is 6.14. The number of methoxy groups -OCH3 is 3. The predicted molar refractivity (Wildman–Crippen MR) is 135 cm³/mol. The van der Waals surface area contributed by atoms with E-state index in [-0.39, 0.29) is 5.78 Å². The van der Waals surface area contributed by atoms with Gasteiger partial charge in [0.1, 0.15) is 5.75 Å². The Kier molecular flexibility index (Phi) is 7.68. The quantitative estimate of drug-likeness (QED) is 0.459. The molecule has 0 N–H and O–H groups in total. The van der Waals surface area contributed by atoms with Gasteiger partial charge in [0, 0.05) is 11.1 Å². The molecule has 0 spiro atoms. The van der Waals surface area contributed by atoms with Crippen LogP contribution in [-0.2, 0) is 4.79 Å². The molecule has 1 aliphatic rings. The van der Waals surface area contributed by atoms with Crippen molar-refractivity contribution in [2.45, 2.75) is 47.5 Å². The third-order valence-corrected chi connectivity index (χ3v) is 6.72. The standard InChI is InChI=1S/C29H36O4/c1-17(2)23-15-24(11-21-9-18(3)20(5)26(13-21)31-6)28(30)25(16-23)12-22-10-19(4)29(33-8)27(14-22)32-7/h9-14,17,23H,15-16H2,1-8H3/b24-11+,25-12+. The van der Waals surface area contributed by atoms with E-state index in [4.69, 9.17) is 14.2 Å². The van der Waals surface area contributed by atoms with Gasteiger partial charge < -0.3 is 14.2 Å². The smallest absolute Gasteiger partial charge is 0.185 e. The number of carbonyl (C=O) groups is 1. The molecule has 1 aliphatic carbocycles. The Bertz CT molecular complexity index is 1110. The fraction of sp³-hybridized carbons (Fsp3) is 0.414. The molecule has 0 radical (unpaired) electrons. The molecule has 0 amide bonds. The first kappa shape index (κ1) is 24.6. The maximum atomic E-state index is 13.5. The molecule has 1 fully saturated rings. The van der Waals surface area contributed by atoms with Crippen molar-refractivity contribution in [2.75, 3.05) is 21.3 Å². The number of ketones is 1. The lowest BCUT2D eigenvalue weighted by atomic mass is 9.75. The molecular weight excluding hydrogens is 412 g/mol. The molecule has 176 valence electrons. The highest BCUT2D eigenvalue weighted by Gasteiger charge is 2.29. The molecule has 0 heterocycles. The van der Waals surface area contributed by atoms with E-state index in [0.29, 0.717) is 17.6 Å². The van der Waals surface area contributed by atoms with Gasteiger partial charge >= 0.3 is 0 Å². The second kappa shape index (κ2) is 10.3. The summed E-state index contributed by atoms with van der Waals surface area (Å²) >= 11 is 0. The summed E-state index contributed by atoms with van der Waals surface area (Å²) in [5.74, 6) is 3.25. The number of carbonyl (C=O) groups excluding carboxylic acids is 1. The molecule has 2 aromatic carbocycles. The fourth-order valence-corrected chi connectivity index (χ4v) is 4.57. The van der Waals surface area contributed by atoms with Crippen LogP contribution in [-0.4, -0.2) is 27.1 Å². The van der Waals surface area contributed by atoms with Crippen LogP contribution in [0.1, 0.15) is 54.5 Å². The van der Waals surface area contributed by atoms with E-state index in [1.165, 1.54) is 0 Å². The lowest BCUT2D eigenvalue weighted by Crippen LogP contribution is -2.23. The van der Waals surface area contributed by atoms with Crippen LogP contribution >= 0.6 is 0 Å². The number of rotatable bonds is 6. The second-order valence-corrected chi connectivity index (χ2v) is 9.32. The maximum absolute atomic E-state index is 13.5. The first-order valence-electron chi connectivity index (χ1n) is 11.5. The number of hydrogen-bond acceptors (Lipinski definition) is 4. The van der Waals surface area contributed by atoms with E-state index in [1.807, 2.05) is 37.3 Å². The lowest BCUT2D eigenvalue weighted by molar-refractivity contribution is -0.113. The van der Waals surface area contributed by atoms with Crippen molar-refractivity contribution in [2.24, 2.45) is 11.8 Å². The van der Waals surface area contributed by atoms with Crippen molar-refractivity contribution in [3.63, 3.8) is 0 Å². The third-order valence-electron chi connectivity index (χ3n) is 6.72. The summed E-state index contributed by atoms with van der Waals surface area (Å²) in [6.07, 6.45) is 5.62. The molecule has 0 saturated heterocycles. The molecule has 0 bridgehead atoms. The first-order valence-corrected chi connectivity index (χ1v) is 11.5. The number of aryl methyl sites for hydroxylation is 2. The van der Waals surface area contributed by atoms with Gasteiger partial charge in [-0.25, -0.2) is 0 Å². The van der Waals surface area contributed by atoms with Crippen molar-refractivity contribution < 1.29 is 19.0 Å². The van der Waals surface area contributed by atoms with E-state index in [9.17, 15) is 4.79 Å². The van der Waals surface area contributed by atoms with Crippen LogP contribution < -0.4 is 14.2 Å². The minimum Gasteiger partial charge on any atom is -0.496 e. The van der Waals surface area contributed by atoms with E-state index < -0.39 is 0 Å². The van der Waals surface area contributed by atoms with Gasteiger partial charge in [0.25, 0.3) is 0 Å². The third kappa shape index (κ3) is 5.32. The van der Waals surface area contributed by atoms with Crippen molar-refractivity contribution >= 4 is 17.9 Å². The van der Waals surface area contributed by atoms with Gasteiger partial charge in [-0.15, -0.1) is 0 Å². The Hall–Kier alpha value is -3.01. The van der Waals surface area contributed by atoms with Crippen molar-refractivity contribution in [3.8, 4) is 17.2 Å². The molecule has 4 nitrogen and oxygen atoms in total. The molecule has 0 aromatic heterocycles. The SMILES string of the molecule is COc1cc(/C=C2\CC(C(C)C)C/C(=C\c3cc(C)c(OC)c(OC)c3)C2=O)cc(C)c1C. The van der Waals surface area contributed by atoms with Gasteiger partial charge in [-0.1, -0.05) is 19.9 Å². The topological polar surface area (TPSA) is 44.8 Å². The van der Waals surface area contributed by atoms with Gasteiger partial charge in [0.15, 0.2) is 17.3 Å². The van der Waals surface area contributed by atoms with Crippen molar-refractivity contribution in [3.05, 3.63) is 63.2 Å². The summed E-state index contributed by atoms with van der Waals surface area (Å²) in [5.41, 5.74) is 6.90. The first-order chi connectivity index (χ1) is 15.7. The molecule has 0 aliphatic heterocycles. The van der Waals surface area contributed by atoms with Gasteiger partial charge in [-0.05, 0) is 104 Å².